The van der Waals surface area contributed by atoms with Crippen molar-refractivity contribution < 1.29 is 23.0 Å². The van der Waals surface area contributed by atoms with E-state index in [9.17, 15) is 8.42 Å². The zero-order valence-corrected chi connectivity index (χ0v) is 13.4. The van der Waals surface area contributed by atoms with Crippen molar-refractivity contribution in [2.45, 2.75) is 37.3 Å². The number of rotatable bonds is 9. The molecular weight excluding hydrogens is 294 g/mol. The van der Waals surface area contributed by atoms with Crippen LogP contribution in [0.4, 0.5) is 0 Å². The topological polar surface area (TPSA) is 84.9 Å². The normalized spacial score (nSPS) is 13.1. The van der Waals surface area contributed by atoms with Crippen molar-refractivity contribution >= 4 is 10.0 Å². The molecule has 6 nitrogen and oxygen atoms in total. The Morgan fingerprint density at radius 3 is 2.57 bits per heavy atom. The third-order valence-corrected chi connectivity index (χ3v) is 4.57. The molecule has 1 aromatic carbocycles. The number of methoxy groups -OCH3 is 2. The number of ether oxygens (including phenoxy) is 2. The van der Waals surface area contributed by atoms with Crippen molar-refractivity contribution in [2.75, 3.05) is 20.8 Å². The van der Waals surface area contributed by atoms with E-state index < -0.39 is 10.0 Å². The van der Waals surface area contributed by atoms with Crippen LogP contribution >= 0.6 is 0 Å². The lowest BCUT2D eigenvalue weighted by Crippen LogP contribution is -2.38. The summed E-state index contributed by atoms with van der Waals surface area (Å²) in [6, 6.07) is 4.27. The molecule has 0 saturated carbocycles. The second-order valence-electron chi connectivity index (χ2n) is 4.71. The fraction of sp³-hybridized carbons (Fsp3) is 0.571. The van der Waals surface area contributed by atoms with E-state index in [0.717, 1.165) is 6.42 Å². The minimum atomic E-state index is -3.75. The predicted molar refractivity (Wildman–Crippen MR) is 79.8 cm³/mol. The lowest BCUT2D eigenvalue weighted by atomic mass is 10.2. The number of aliphatic hydroxyl groups excluding tert-OH is 1. The Labute approximate surface area is 126 Å². The molecule has 0 heterocycles. The van der Waals surface area contributed by atoms with Crippen LogP contribution in [-0.2, 0) is 21.4 Å². The molecule has 1 rings (SSSR count). The van der Waals surface area contributed by atoms with Gasteiger partial charge in [-0.2, -0.15) is 0 Å². The van der Waals surface area contributed by atoms with Crippen LogP contribution in [0.1, 0.15) is 25.3 Å². The van der Waals surface area contributed by atoms with Crippen LogP contribution in [0.2, 0.25) is 0 Å². The van der Waals surface area contributed by atoms with Crippen LogP contribution in [0.5, 0.6) is 5.75 Å². The largest absolute Gasteiger partial charge is 0.495 e. The first-order valence-corrected chi connectivity index (χ1v) is 8.25. The highest BCUT2D eigenvalue weighted by molar-refractivity contribution is 7.89. The van der Waals surface area contributed by atoms with E-state index in [2.05, 4.69) is 4.72 Å². The third-order valence-electron chi connectivity index (χ3n) is 3.03. The fourth-order valence-corrected chi connectivity index (χ4v) is 3.51. The van der Waals surface area contributed by atoms with Gasteiger partial charge < -0.3 is 14.6 Å². The Bertz CT molecular complexity index is 538. The molecule has 7 heteroatoms. The van der Waals surface area contributed by atoms with Gasteiger partial charge in [0.2, 0.25) is 10.0 Å². The molecule has 21 heavy (non-hydrogen) atoms. The Hall–Kier alpha value is -1.15. The van der Waals surface area contributed by atoms with Crippen molar-refractivity contribution in [3.05, 3.63) is 23.8 Å². The summed E-state index contributed by atoms with van der Waals surface area (Å²) in [5.41, 5.74) is 0.509. The Morgan fingerprint density at radius 1 is 1.33 bits per heavy atom. The highest BCUT2D eigenvalue weighted by Crippen LogP contribution is 2.25. The molecule has 0 aliphatic heterocycles. The SMILES string of the molecule is CCCC(COC)NS(=O)(=O)c1cc(CO)ccc1OC. The number of aliphatic hydroxyl groups is 1. The van der Waals surface area contributed by atoms with E-state index in [1.807, 2.05) is 6.92 Å². The molecule has 0 radical (unpaired) electrons. The average Bonchev–Trinajstić information content (AvgIpc) is 2.46. The lowest BCUT2D eigenvalue weighted by molar-refractivity contribution is 0.171. The van der Waals surface area contributed by atoms with E-state index in [1.165, 1.54) is 26.4 Å². The standard InChI is InChI=1S/C14H23NO5S/c1-4-5-12(10-19-2)15-21(17,18)14-8-11(9-16)6-7-13(14)20-3/h6-8,12,15-16H,4-5,9-10H2,1-3H3. The van der Waals surface area contributed by atoms with Gasteiger partial charge in [-0.25, -0.2) is 13.1 Å². The average molecular weight is 317 g/mol. The second kappa shape index (κ2) is 8.33. The van der Waals surface area contributed by atoms with Gasteiger partial charge in [-0.3, -0.25) is 0 Å². The molecule has 1 aromatic rings. The quantitative estimate of drug-likeness (QED) is 0.717. The van der Waals surface area contributed by atoms with Gasteiger partial charge in [-0.05, 0) is 24.1 Å². The first-order valence-electron chi connectivity index (χ1n) is 6.77. The Kier molecular flexibility index (Phi) is 7.10. The van der Waals surface area contributed by atoms with Crippen LogP contribution in [0.15, 0.2) is 23.1 Å². The molecule has 0 aromatic heterocycles. The first kappa shape index (κ1) is 17.9. The van der Waals surface area contributed by atoms with Gasteiger partial charge in [0.25, 0.3) is 0 Å². The molecule has 0 fully saturated rings. The third kappa shape index (κ3) is 4.96. The minimum absolute atomic E-state index is 0.0220. The number of sulfonamides is 1. The minimum Gasteiger partial charge on any atom is -0.495 e. The number of hydrogen-bond acceptors (Lipinski definition) is 5. The molecule has 120 valence electrons. The summed E-state index contributed by atoms with van der Waals surface area (Å²) >= 11 is 0. The summed E-state index contributed by atoms with van der Waals surface area (Å²) in [4.78, 5) is 0.0220. The van der Waals surface area contributed by atoms with Gasteiger partial charge in [0.1, 0.15) is 10.6 Å². The zero-order chi connectivity index (χ0) is 15.9. The van der Waals surface area contributed by atoms with Crippen LogP contribution < -0.4 is 9.46 Å². The van der Waals surface area contributed by atoms with Crippen LogP contribution in [0.25, 0.3) is 0 Å². The van der Waals surface area contributed by atoms with E-state index >= 15 is 0 Å². The summed E-state index contributed by atoms with van der Waals surface area (Å²) < 4.78 is 37.8. The molecule has 1 unspecified atom stereocenters. The monoisotopic (exact) mass is 317 g/mol. The van der Waals surface area contributed by atoms with Gasteiger partial charge in [0, 0.05) is 13.2 Å². The van der Waals surface area contributed by atoms with E-state index in [0.29, 0.717) is 18.6 Å². The fourth-order valence-electron chi connectivity index (χ4n) is 2.04. The molecule has 0 bridgehead atoms. The lowest BCUT2D eigenvalue weighted by Gasteiger charge is -2.18. The van der Waals surface area contributed by atoms with Crippen molar-refractivity contribution in [2.24, 2.45) is 0 Å². The number of benzene rings is 1. The van der Waals surface area contributed by atoms with Crippen molar-refractivity contribution in [3.8, 4) is 5.75 Å². The summed E-state index contributed by atoms with van der Waals surface area (Å²) in [6.45, 7) is 2.04. The summed E-state index contributed by atoms with van der Waals surface area (Å²) in [6.07, 6.45) is 1.51. The van der Waals surface area contributed by atoms with Gasteiger partial charge in [-0.1, -0.05) is 19.4 Å². The first-order chi connectivity index (χ1) is 9.98. The molecule has 1 atom stereocenters. The maximum Gasteiger partial charge on any atom is 0.244 e. The smallest absolute Gasteiger partial charge is 0.244 e. The predicted octanol–water partition coefficient (Wildman–Crippen LogP) is 1.28. The van der Waals surface area contributed by atoms with E-state index in [4.69, 9.17) is 14.6 Å². The summed E-state index contributed by atoms with van der Waals surface area (Å²) in [5, 5.41) is 9.17. The number of nitrogens with one attached hydrogen (secondary N) is 1. The highest BCUT2D eigenvalue weighted by atomic mass is 32.2. The zero-order valence-electron chi connectivity index (χ0n) is 12.6. The van der Waals surface area contributed by atoms with Gasteiger partial charge in [0.05, 0.1) is 20.3 Å². The van der Waals surface area contributed by atoms with E-state index in [1.54, 1.807) is 6.07 Å². The Morgan fingerprint density at radius 2 is 2.05 bits per heavy atom. The summed E-state index contributed by atoms with van der Waals surface area (Å²) in [5.74, 6) is 0.243. The highest BCUT2D eigenvalue weighted by Gasteiger charge is 2.23. The van der Waals surface area contributed by atoms with Crippen LogP contribution in [0, 0.1) is 0 Å². The van der Waals surface area contributed by atoms with Gasteiger partial charge in [0.15, 0.2) is 0 Å². The second-order valence-corrected chi connectivity index (χ2v) is 6.39. The molecule has 2 N–H and O–H groups in total. The maximum atomic E-state index is 12.5. The van der Waals surface area contributed by atoms with Crippen molar-refractivity contribution in [1.29, 1.82) is 0 Å². The summed E-state index contributed by atoms with van der Waals surface area (Å²) in [7, 11) is -0.805. The molecule has 0 aliphatic carbocycles. The van der Waals surface area contributed by atoms with Gasteiger partial charge >= 0.3 is 0 Å². The van der Waals surface area contributed by atoms with E-state index in [-0.39, 0.29) is 23.3 Å². The molecule has 0 amide bonds. The number of hydrogen-bond donors (Lipinski definition) is 2. The van der Waals surface area contributed by atoms with Gasteiger partial charge in [-0.15, -0.1) is 0 Å². The van der Waals surface area contributed by atoms with Crippen molar-refractivity contribution in [1.82, 2.24) is 4.72 Å². The molecule has 0 aliphatic rings. The Balaban J connectivity index is 3.10. The van der Waals surface area contributed by atoms with Crippen molar-refractivity contribution in [3.63, 3.8) is 0 Å². The van der Waals surface area contributed by atoms with Crippen LogP contribution in [-0.4, -0.2) is 40.4 Å². The van der Waals surface area contributed by atoms with Crippen LogP contribution in [0.3, 0.4) is 0 Å². The maximum absolute atomic E-state index is 12.5. The molecule has 0 spiro atoms. The molecular formula is C14H23NO5S. The molecule has 0 saturated heterocycles.